The van der Waals surface area contributed by atoms with Crippen LogP contribution in [0.1, 0.15) is 50.2 Å². The van der Waals surface area contributed by atoms with Gasteiger partial charge < -0.3 is 30.8 Å². The quantitative estimate of drug-likeness (QED) is 0.240. The predicted molar refractivity (Wildman–Crippen MR) is 150 cm³/mol. The second-order valence-electron chi connectivity index (χ2n) is 9.96. The number of rotatable bonds is 11. The molecular formula is C29H38N6O2. The molecule has 3 heterocycles. The van der Waals surface area contributed by atoms with E-state index in [1.54, 1.807) is 0 Å². The Morgan fingerprint density at radius 2 is 1.89 bits per heavy atom. The Hall–Kier alpha value is -3.20. The molecule has 0 amide bonds. The van der Waals surface area contributed by atoms with Crippen LogP contribution in [0.25, 0.3) is 21.9 Å². The minimum atomic E-state index is 0.110. The average Bonchev–Trinajstić information content (AvgIpc) is 3.22. The first-order valence-corrected chi connectivity index (χ1v) is 13.5. The second-order valence-corrected chi connectivity index (χ2v) is 9.96. The number of hydrogen-bond donors (Lipinski definition) is 4. The van der Waals surface area contributed by atoms with Crippen LogP contribution < -0.4 is 16.4 Å². The fourth-order valence-electron chi connectivity index (χ4n) is 5.38. The molecule has 2 aromatic carbocycles. The summed E-state index contributed by atoms with van der Waals surface area (Å²) < 4.78 is 7.78. The summed E-state index contributed by atoms with van der Waals surface area (Å²) in [5.74, 6) is 0.973. The highest BCUT2D eigenvalue weighted by Gasteiger charge is 2.20. The number of aromatic nitrogens is 3. The van der Waals surface area contributed by atoms with Gasteiger partial charge in [0.25, 0.3) is 0 Å². The second kappa shape index (κ2) is 11.9. The number of aliphatic hydroxyl groups excluding tert-OH is 1. The molecule has 196 valence electrons. The van der Waals surface area contributed by atoms with Gasteiger partial charge in [-0.2, -0.15) is 4.98 Å². The van der Waals surface area contributed by atoms with Gasteiger partial charge >= 0.3 is 0 Å². The fourth-order valence-corrected chi connectivity index (χ4v) is 5.38. The summed E-state index contributed by atoms with van der Waals surface area (Å²) in [5, 5.41) is 17.9. The van der Waals surface area contributed by atoms with Crippen molar-refractivity contribution >= 4 is 33.7 Å². The van der Waals surface area contributed by atoms with Crippen molar-refractivity contribution in [2.24, 2.45) is 0 Å². The van der Waals surface area contributed by atoms with Gasteiger partial charge in [-0.25, -0.2) is 4.98 Å². The lowest BCUT2D eigenvalue weighted by molar-refractivity contribution is 0.0776. The van der Waals surface area contributed by atoms with E-state index in [4.69, 9.17) is 10.5 Å². The number of nitrogens with one attached hydrogen (secondary N) is 2. The third-order valence-corrected chi connectivity index (χ3v) is 7.22. The third kappa shape index (κ3) is 5.87. The van der Waals surface area contributed by atoms with Gasteiger partial charge in [-0.3, -0.25) is 0 Å². The Bertz CT molecular complexity index is 1320. The Balaban J connectivity index is 1.50. The SMILES string of the molecule is CCC[C@@H](CCO)Nc1nc(N)nc2c3ccccc3n(Cc3cccc(CNC4CCOCC4)c3)c12. The molecule has 5 rings (SSSR count). The molecule has 5 N–H and O–H groups in total. The van der Waals surface area contributed by atoms with E-state index in [2.05, 4.69) is 74.6 Å². The minimum Gasteiger partial charge on any atom is -0.396 e. The largest absolute Gasteiger partial charge is 0.396 e. The minimum absolute atomic E-state index is 0.110. The lowest BCUT2D eigenvalue weighted by Gasteiger charge is -2.23. The number of ether oxygens (including phenoxy) is 1. The summed E-state index contributed by atoms with van der Waals surface area (Å²) in [5.41, 5.74) is 11.6. The number of nitrogen functional groups attached to an aromatic ring is 1. The van der Waals surface area contributed by atoms with Crippen LogP contribution in [0.5, 0.6) is 0 Å². The highest BCUT2D eigenvalue weighted by molar-refractivity contribution is 6.09. The van der Waals surface area contributed by atoms with Gasteiger partial charge in [0.15, 0.2) is 5.82 Å². The first-order valence-electron chi connectivity index (χ1n) is 13.5. The number of aliphatic hydroxyl groups is 1. The Morgan fingerprint density at radius 1 is 1.08 bits per heavy atom. The Kier molecular flexibility index (Phi) is 8.18. The number of nitrogens with zero attached hydrogens (tertiary/aromatic N) is 3. The predicted octanol–water partition coefficient (Wildman–Crippen LogP) is 4.45. The number of hydrogen-bond acceptors (Lipinski definition) is 7. The van der Waals surface area contributed by atoms with E-state index in [9.17, 15) is 5.11 Å². The standard InChI is InChI=1S/C29H38N6O2/c1-2-6-23(11-14-36)32-28-27-26(33-29(30)34-28)24-9-3-4-10-25(24)35(27)19-21-8-5-7-20(17-21)18-31-22-12-15-37-16-13-22/h3-5,7-10,17,22-23,31,36H,2,6,11-16,18-19H2,1H3,(H3,30,32,33,34)/t23-/m0/s1. The van der Waals surface area contributed by atoms with Crippen molar-refractivity contribution in [3.05, 3.63) is 59.7 Å². The van der Waals surface area contributed by atoms with E-state index in [1.165, 1.54) is 11.1 Å². The van der Waals surface area contributed by atoms with Crippen LogP contribution in [0, 0.1) is 0 Å². The molecule has 0 bridgehead atoms. The van der Waals surface area contributed by atoms with Crippen LogP contribution in [0.2, 0.25) is 0 Å². The van der Waals surface area contributed by atoms with Crippen molar-refractivity contribution in [2.45, 2.75) is 64.2 Å². The van der Waals surface area contributed by atoms with E-state index in [-0.39, 0.29) is 18.6 Å². The van der Waals surface area contributed by atoms with Crippen molar-refractivity contribution in [3.8, 4) is 0 Å². The fraction of sp³-hybridized carbons (Fsp3) is 0.448. The maximum Gasteiger partial charge on any atom is 0.222 e. The van der Waals surface area contributed by atoms with Gasteiger partial charge in [-0.15, -0.1) is 0 Å². The summed E-state index contributed by atoms with van der Waals surface area (Å²) in [4.78, 5) is 9.30. The smallest absolute Gasteiger partial charge is 0.222 e. The molecule has 0 saturated carbocycles. The molecule has 37 heavy (non-hydrogen) atoms. The van der Waals surface area contributed by atoms with Crippen molar-refractivity contribution in [2.75, 3.05) is 30.9 Å². The van der Waals surface area contributed by atoms with Crippen LogP contribution in [-0.4, -0.2) is 51.5 Å². The van der Waals surface area contributed by atoms with Crippen LogP contribution >= 0.6 is 0 Å². The van der Waals surface area contributed by atoms with Gasteiger partial charge in [0.1, 0.15) is 11.0 Å². The number of nitrogens with two attached hydrogens (primary N) is 1. The molecule has 8 heteroatoms. The van der Waals surface area contributed by atoms with Crippen molar-refractivity contribution in [3.63, 3.8) is 0 Å². The van der Waals surface area contributed by atoms with Crippen molar-refractivity contribution in [1.29, 1.82) is 0 Å². The summed E-state index contributed by atoms with van der Waals surface area (Å²) >= 11 is 0. The molecular weight excluding hydrogens is 464 g/mol. The monoisotopic (exact) mass is 502 g/mol. The van der Waals surface area contributed by atoms with Crippen molar-refractivity contribution < 1.29 is 9.84 Å². The molecule has 2 aromatic heterocycles. The topological polar surface area (TPSA) is 110 Å². The molecule has 1 saturated heterocycles. The number of benzene rings is 2. The maximum absolute atomic E-state index is 9.61. The number of para-hydroxylation sites is 1. The highest BCUT2D eigenvalue weighted by Crippen LogP contribution is 2.33. The molecule has 1 fully saturated rings. The molecule has 0 aliphatic carbocycles. The Labute approximate surface area is 218 Å². The lowest BCUT2D eigenvalue weighted by atomic mass is 10.1. The van der Waals surface area contributed by atoms with E-state index < -0.39 is 0 Å². The average molecular weight is 503 g/mol. The van der Waals surface area contributed by atoms with E-state index in [0.717, 1.165) is 73.2 Å². The first kappa shape index (κ1) is 25.4. The maximum atomic E-state index is 9.61. The van der Waals surface area contributed by atoms with E-state index in [1.807, 2.05) is 6.07 Å². The zero-order valence-corrected chi connectivity index (χ0v) is 21.6. The van der Waals surface area contributed by atoms with E-state index >= 15 is 0 Å². The van der Waals surface area contributed by atoms with Crippen molar-refractivity contribution in [1.82, 2.24) is 19.9 Å². The third-order valence-electron chi connectivity index (χ3n) is 7.22. The molecule has 0 radical (unpaired) electrons. The molecule has 1 aliphatic heterocycles. The molecule has 0 unspecified atom stereocenters. The van der Waals surface area contributed by atoms with Gasteiger partial charge in [-0.05, 0) is 42.9 Å². The lowest BCUT2D eigenvalue weighted by Crippen LogP contribution is -2.34. The summed E-state index contributed by atoms with van der Waals surface area (Å²) in [6.07, 6.45) is 4.74. The molecule has 0 spiro atoms. The van der Waals surface area contributed by atoms with Crippen LogP contribution in [0.3, 0.4) is 0 Å². The van der Waals surface area contributed by atoms with Crippen LogP contribution in [0.4, 0.5) is 11.8 Å². The van der Waals surface area contributed by atoms with Crippen LogP contribution in [-0.2, 0) is 17.8 Å². The summed E-state index contributed by atoms with van der Waals surface area (Å²) in [6, 6.07) is 17.7. The summed E-state index contributed by atoms with van der Waals surface area (Å²) in [7, 11) is 0. The van der Waals surface area contributed by atoms with E-state index in [0.29, 0.717) is 19.0 Å². The van der Waals surface area contributed by atoms with Gasteiger partial charge in [0, 0.05) is 50.4 Å². The number of anilines is 2. The normalized spacial score (nSPS) is 15.4. The summed E-state index contributed by atoms with van der Waals surface area (Å²) in [6.45, 7) is 5.49. The zero-order valence-electron chi connectivity index (χ0n) is 21.6. The zero-order chi connectivity index (χ0) is 25.6. The molecule has 4 aromatic rings. The van der Waals surface area contributed by atoms with Crippen LogP contribution in [0.15, 0.2) is 48.5 Å². The van der Waals surface area contributed by atoms with Gasteiger partial charge in [0.05, 0.1) is 5.52 Å². The van der Waals surface area contributed by atoms with Gasteiger partial charge in [0.2, 0.25) is 5.95 Å². The first-order chi connectivity index (χ1) is 18.2. The molecule has 1 aliphatic rings. The van der Waals surface area contributed by atoms with Gasteiger partial charge in [-0.1, -0.05) is 55.8 Å². The highest BCUT2D eigenvalue weighted by atomic mass is 16.5. The Morgan fingerprint density at radius 3 is 2.70 bits per heavy atom. The molecule has 1 atom stereocenters. The number of fused-ring (bicyclic) bond motifs is 3. The molecule has 8 nitrogen and oxygen atoms in total.